The smallest absolute Gasteiger partial charge is 0.417 e. The molecule has 0 aliphatic heterocycles. The van der Waals surface area contributed by atoms with Crippen molar-refractivity contribution in [3.8, 4) is 0 Å². The van der Waals surface area contributed by atoms with Gasteiger partial charge in [-0.1, -0.05) is 25.4 Å². The van der Waals surface area contributed by atoms with Gasteiger partial charge in [-0.05, 0) is 11.5 Å². The number of rotatable bonds is 2. The number of aliphatic imine (C=N–C) groups is 1. The number of pyridine rings is 1. The highest BCUT2D eigenvalue weighted by Gasteiger charge is 2.33. The van der Waals surface area contributed by atoms with E-state index in [1.54, 1.807) is 0 Å². The van der Waals surface area contributed by atoms with Crippen LogP contribution in [0.3, 0.4) is 0 Å². The lowest BCUT2D eigenvalue weighted by molar-refractivity contribution is -0.137. The summed E-state index contributed by atoms with van der Waals surface area (Å²) in [5, 5.41) is 9.72. The van der Waals surface area contributed by atoms with Crippen LogP contribution >= 0.6 is 11.6 Å². The van der Waals surface area contributed by atoms with Crippen molar-refractivity contribution in [1.82, 2.24) is 4.98 Å². The second-order valence-corrected chi connectivity index (χ2v) is 6.45. The third-order valence-corrected chi connectivity index (χ3v) is 3.67. The van der Waals surface area contributed by atoms with Crippen LogP contribution in [0.4, 0.5) is 18.9 Å². The van der Waals surface area contributed by atoms with Crippen molar-refractivity contribution >= 4 is 29.3 Å². The summed E-state index contributed by atoms with van der Waals surface area (Å²) in [6, 6.07) is 0.737. The summed E-state index contributed by atoms with van der Waals surface area (Å²) in [5.74, 6) is -0.454. The number of carbonyl (C=O) groups excluding carboxylic acids is 1. The van der Waals surface area contributed by atoms with E-state index in [0.29, 0.717) is 6.20 Å². The lowest BCUT2D eigenvalue weighted by Crippen LogP contribution is -2.26. The van der Waals surface area contributed by atoms with Gasteiger partial charge >= 0.3 is 6.18 Å². The van der Waals surface area contributed by atoms with E-state index in [0.717, 1.165) is 12.3 Å². The van der Waals surface area contributed by atoms with Gasteiger partial charge in [-0.25, -0.2) is 4.98 Å². The molecule has 1 N–H and O–H groups in total. The number of ketones is 1. The molecule has 0 saturated heterocycles. The van der Waals surface area contributed by atoms with E-state index in [4.69, 9.17) is 11.6 Å². The summed E-state index contributed by atoms with van der Waals surface area (Å²) in [6.07, 6.45) is -2.43. The molecule has 1 aliphatic carbocycles. The zero-order valence-corrected chi connectivity index (χ0v) is 13.2. The first-order valence-corrected chi connectivity index (χ1v) is 7.09. The number of allylic oxidation sites excluding steroid dienone is 2. The van der Waals surface area contributed by atoms with Gasteiger partial charge in [0, 0.05) is 25.3 Å². The minimum absolute atomic E-state index is 0.0159. The Kier molecular flexibility index (Phi) is 4.52. The van der Waals surface area contributed by atoms with E-state index in [1.807, 2.05) is 13.8 Å². The molecule has 0 spiro atoms. The molecule has 0 saturated carbocycles. The fourth-order valence-corrected chi connectivity index (χ4v) is 2.42. The van der Waals surface area contributed by atoms with Crippen molar-refractivity contribution in [2.75, 3.05) is 0 Å². The molecule has 0 radical (unpaired) electrons. The number of nitrogens with zero attached hydrogens (tertiary/aromatic N) is 2. The highest BCUT2D eigenvalue weighted by Crippen LogP contribution is 2.36. The van der Waals surface area contributed by atoms with Crippen molar-refractivity contribution in [3.63, 3.8) is 0 Å². The van der Waals surface area contributed by atoms with Crippen LogP contribution in [-0.4, -0.2) is 22.1 Å². The van der Waals surface area contributed by atoms with Crippen LogP contribution < -0.4 is 0 Å². The van der Waals surface area contributed by atoms with Crippen molar-refractivity contribution < 1.29 is 23.1 Å². The van der Waals surface area contributed by atoms with E-state index in [-0.39, 0.29) is 46.2 Å². The molecule has 23 heavy (non-hydrogen) atoms. The molecule has 1 aliphatic rings. The van der Waals surface area contributed by atoms with Gasteiger partial charge in [-0.15, -0.1) is 0 Å². The number of hydrogen-bond donors (Lipinski definition) is 1. The predicted octanol–water partition coefficient (Wildman–Crippen LogP) is 4.66. The first-order valence-electron chi connectivity index (χ1n) is 6.72. The van der Waals surface area contributed by atoms with Crippen LogP contribution in [0.2, 0.25) is 5.15 Å². The zero-order valence-electron chi connectivity index (χ0n) is 12.4. The molecule has 0 aromatic carbocycles. The fourth-order valence-electron chi connectivity index (χ4n) is 2.26. The third-order valence-electron chi connectivity index (χ3n) is 3.38. The minimum atomic E-state index is -4.58. The minimum Gasteiger partial charge on any atom is -0.511 e. The Morgan fingerprint density at radius 1 is 1.39 bits per heavy atom. The first kappa shape index (κ1) is 17.5. The number of aliphatic hydroxyl groups is 1. The number of carbonyl (C=O) groups is 1. The molecule has 0 atom stereocenters. The Balaban J connectivity index is 2.35. The van der Waals surface area contributed by atoms with Crippen molar-refractivity contribution in [2.24, 2.45) is 10.4 Å². The summed E-state index contributed by atoms with van der Waals surface area (Å²) in [5.41, 5.74) is -1.60. The maximum Gasteiger partial charge on any atom is 0.417 e. The number of Topliss-reactive ketones (excluding diaryl/α,β-unsaturated/α-hetero) is 1. The largest absolute Gasteiger partial charge is 0.511 e. The van der Waals surface area contributed by atoms with Gasteiger partial charge in [0.2, 0.25) is 0 Å². The SMILES string of the molecule is CC1(C)CC(=O)C(C=Nc2cc(C(F)(F)F)cnc2Cl)=C(O)C1. The molecule has 0 amide bonds. The van der Waals surface area contributed by atoms with Gasteiger partial charge in [0.05, 0.1) is 11.1 Å². The average Bonchev–Trinajstić information content (AvgIpc) is 2.36. The highest BCUT2D eigenvalue weighted by molar-refractivity contribution is 6.32. The number of aromatic nitrogens is 1. The molecule has 0 unspecified atom stereocenters. The lowest BCUT2D eigenvalue weighted by atomic mass is 9.77. The van der Waals surface area contributed by atoms with Gasteiger partial charge in [-0.2, -0.15) is 13.2 Å². The molecule has 1 heterocycles. The van der Waals surface area contributed by atoms with E-state index in [9.17, 15) is 23.1 Å². The van der Waals surface area contributed by atoms with Crippen molar-refractivity contribution in [3.05, 3.63) is 34.3 Å². The first-order chi connectivity index (χ1) is 10.5. The van der Waals surface area contributed by atoms with Crippen LogP contribution in [-0.2, 0) is 11.0 Å². The Hall–Kier alpha value is -1.89. The molecular weight excluding hydrogens is 333 g/mol. The maximum atomic E-state index is 12.7. The maximum absolute atomic E-state index is 12.7. The second kappa shape index (κ2) is 5.96. The number of halogens is 4. The van der Waals surface area contributed by atoms with Crippen LogP contribution in [0.1, 0.15) is 32.3 Å². The molecule has 4 nitrogen and oxygen atoms in total. The molecule has 1 aromatic rings. The topological polar surface area (TPSA) is 62.5 Å². The quantitative estimate of drug-likeness (QED) is 0.626. The van der Waals surface area contributed by atoms with Gasteiger partial charge < -0.3 is 5.11 Å². The van der Waals surface area contributed by atoms with Gasteiger partial charge in [-0.3, -0.25) is 9.79 Å². The number of alkyl halides is 3. The Morgan fingerprint density at radius 2 is 2.04 bits per heavy atom. The molecule has 1 aromatic heterocycles. The van der Waals surface area contributed by atoms with Crippen molar-refractivity contribution in [1.29, 1.82) is 0 Å². The molecule has 0 bridgehead atoms. The van der Waals surface area contributed by atoms with E-state index in [1.165, 1.54) is 0 Å². The molecular formula is C15H14ClF3N2O2. The highest BCUT2D eigenvalue weighted by atomic mass is 35.5. The normalized spacial score (nSPS) is 18.8. The van der Waals surface area contributed by atoms with Gasteiger partial charge in [0.25, 0.3) is 0 Å². The van der Waals surface area contributed by atoms with Crippen LogP contribution in [0, 0.1) is 5.41 Å². The monoisotopic (exact) mass is 346 g/mol. The lowest BCUT2D eigenvalue weighted by Gasteiger charge is -2.28. The Bertz CT molecular complexity index is 709. The summed E-state index contributed by atoms with van der Waals surface area (Å²) >= 11 is 5.73. The number of aliphatic hydroxyl groups excluding tert-OH is 1. The van der Waals surface area contributed by atoms with Gasteiger partial charge in [0.15, 0.2) is 10.9 Å². The summed E-state index contributed by atoms with van der Waals surface area (Å²) < 4.78 is 38.0. The third kappa shape index (κ3) is 4.10. The van der Waals surface area contributed by atoms with Crippen LogP contribution in [0.5, 0.6) is 0 Å². The van der Waals surface area contributed by atoms with Crippen LogP contribution in [0.25, 0.3) is 0 Å². The molecule has 124 valence electrons. The summed E-state index contributed by atoms with van der Waals surface area (Å²) in [4.78, 5) is 19.2. The molecule has 0 fully saturated rings. The Labute approximate surface area is 135 Å². The van der Waals surface area contributed by atoms with E-state index in [2.05, 4.69) is 9.98 Å². The second-order valence-electron chi connectivity index (χ2n) is 6.09. The standard InChI is InChI=1S/C15H14ClF3N2O2/c1-14(2)4-11(22)9(12(23)5-14)7-20-10-3-8(15(17,18)19)6-21-13(10)16/h3,6-7,22H,4-5H2,1-2H3. The molecule has 2 rings (SSSR count). The van der Waals surface area contributed by atoms with E-state index >= 15 is 0 Å². The van der Waals surface area contributed by atoms with Gasteiger partial charge in [0.1, 0.15) is 11.4 Å². The summed E-state index contributed by atoms with van der Waals surface area (Å²) in [7, 11) is 0. The summed E-state index contributed by atoms with van der Waals surface area (Å²) in [6.45, 7) is 3.67. The fraction of sp³-hybridized carbons (Fsp3) is 0.400. The average molecular weight is 347 g/mol. The number of hydrogen-bond acceptors (Lipinski definition) is 4. The zero-order chi connectivity index (χ0) is 17.4. The predicted molar refractivity (Wildman–Crippen MR) is 80.1 cm³/mol. The van der Waals surface area contributed by atoms with E-state index < -0.39 is 11.7 Å². The molecule has 8 heteroatoms. The van der Waals surface area contributed by atoms with Crippen molar-refractivity contribution in [2.45, 2.75) is 32.9 Å². The Morgan fingerprint density at radius 3 is 2.61 bits per heavy atom. The van der Waals surface area contributed by atoms with Crippen LogP contribution in [0.15, 0.2) is 28.6 Å².